The van der Waals surface area contributed by atoms with Crippen molar-refractivity contribution in [2.45, 2.75) is 20.8 Å². The van der Waals surface area contributed by atoms with Crippen molar-refractivity contribution in [2.75, 3.05) is 19.7 Å². The third-order valence-corrected chi connectivity index (χ3v) is 4.21. The predicted molar refractivity (Wildman–Crippen MR) is 98.3 cm³/mol. The maximum atomic E-state index is 6.09. The summed E-state index contributed by atoms with van der Waals surface area (Å²) in [5, 5.41) is 0. The van der Waals surface area contributed by atoms with Gasteiger partial charge in [-0.2, -0.15) is 0 Å². The topological polar surface area (TPSA) is 21.5 Å². The molecule has 0 spiro atoms. The first-order valence-electron chi connectivity index (χ1n) is 8.60. The van der Waals surface area contributed by atoms with E-state index in [1.54, 1.807) is 0 Å². The molecular weight excluding hydrogens is 298 g/mol. The van der Waals surface area contributed by atoms with E-state index >= 15 is 0 Å². The van der Waals surface area contributed by atoms with Gasteiger partial charge >= 0.3 is 0 Å². The average molecular weight is 322 g/mol. The summed E-state index contributed by atoms with van der Waals surface area (Å²) in [7, 11) is 0. The van der Waals surface area contributed by atoms with Crippen LogP contribution in [0.3, 0.4) is 0 Å². The number of benzene rings is 1. The molecule has 1 aliphatic heterocycles. The molecule has 0 radical (unpaired) electrons. The van der Waals surface area contributed by atoms with Crippen LogP contribution in [0.15, 0.2) is 66.0 Å². The number of nitrogens with zero attached hydrogens (tertiary/aromatic N) is 1. The molecule has 0 amide bonds. The first-order chi connectivity index (χ1) is 11.8. The van der Waals surface area contributed by atoms with Gasteiger partial charge in [0.2, 0.25) is 0 Å². The maximum absolute atomic E-state index is 6.09. The lowest BCUT2D eigenvalue weighted by Crippen LogP contribution is -2.19. The van der Waals surface area contributed by atoms with Gasteiger partial charge in [0.15, 0.2) is 5.71 Å². The number of ether oxygens (including phenoxy) is 2. The summed E-state index contributed by atoms with van der Waals surface area (Å²) in [6.07, 6.45) is 10.5. The van der Waals surface area contributed by atoms with Gasteiger partial charge in [0.05, 0.1) is 12.2 Å². The number of hydrogen-bond acceptors (Lipinski definition) is 2. The van der Waals surface area contributed by atoms with Crippen molar-refractivity contribution in [3.63, 3.8) is 0 Å². The summed E-state index contributed by atoms with van der Waals surface area (Å²) in [5.41, 5.74) is 3.29. The molecule has 0 aromatic heterocycles. The Morgan fingerprint density at radius 2 is 1.67 bits per heavy atom. The largest absolute Gasteiger partial charge is 0.493 e. The third kappa shape index (κ3) is 3.21. The van der Waals surface area contributed by atoms with E-state index in [2.05, 4.69) is 42.7 Å². The molecule has 24 heavy (non-hydrogen) atoms. The summed E-state index contributed by atoms with van der Waals surface area (Å²) in [6, 6.07) is 7.98. The zero-order valence-corrected chi connectivity index (χ0v) is 14.6. The van der Waals surface area contributed by atoms with E-state index in [0.29, 0.717) is 6.61 Å². The first kappa shape index (κ1) is 16.3. The Labute approximate surface area is 143 Å². The van der Waals surface area contributed by atoms with Crippen molar-refractivity contribution in [1.29, 1.82) is 0 Å². The fourth-order valence-electron chi connectivity index (χ4n) is 2.95. The van der Waals surface area contributed by atoms with E-state index < -0.39 is 0 Å². The van der Waals surface area contributed by atoms with Crippen LogP contribution in [0.4, 0.5) is 0 Å². The van der Waals surface area contributed by atoms with Crippen molar-refractivity contribution in [3.8, 4) is 5.75 Å². The SMILES string of the molecule is CCOC1=CC(=C2C=CC(=[N+](CC)CC)C=C2)Oc2ccccc21. The van der Waals surface area contributed by atoms with Crippen LogP contribution in [-0.2, 0) is 4.74 Å². The number of hydrogen-bond donors (Lipinski definition) is 0. The Morgan fingerprint density at radius 1 is 0.958 bits per heavy atom. The number of fused-ring (bicyclic) bond motifs is 1. The molecule has 0 fully saturated rings. The van der Waals surface area contributed by atoms with Crippen molar-refractivity contribution in [1.82, 2.24) is 0 Å². The van der Waals surface area contributed by atoms with Crippen LogP contribution < -0.4 is 4.74 Å². The number of allylic oxidation sites excluding steroid dienone is 6. The molecule has 3 heteroatoms. The minimum Gasteiger partial charge on any atom is -0.493 e. The molecule has 0 N–H and O–H groups in total. The molecule has 1 aromatic rings. The molecular formula is C21H24NO2+. The zero-order chi connectivity index (χ0) is 16.9. The van der Waals surface area contributed by atoms with Gasteiger partial charge < -0.3 is 9.47 Å². The van der Waals surface area contributed by atoms with Crippen LogP contribution in [0.5, 0.6) is 5.75 Å². The molecule has 0 bridgehead atoms. The van der Waals surface area contributed by atoms with Gasteiger partial charge in [-0.15, -0.1) is 0 Å². The second-order valence-corrected chi connectivity index (χ2v) is 5.62. The maximum Gasteiger partial charge on any atom is 0.199 e. The first-order valence-corrected chi connectivity index (χ1v) is 8.60. The van der Waals surface area contributed by atoms with Crippen LogP contribution in [0.1, 0.15) is 26.3 Å². The van der Waals surface area contributed by atoms with Crippen molar-refractivity contribution in [2.24, 2.45) is 0 Å². The van der Waals surface area contributed by atoms with Crippen molar-refractivity contribution in [3.05, 3.63) is 71.5 Å². The highest BCUT2D eigenvalue weighted by molar-refractivity contribution is 6.02. The summed E-state index contributed by atoms with van der Waals surface area (Å²) < 4.78 is 14.2. The lowest BCUT2D eigenvalue weighted by atomic mass is 10.0. The Hall–Kier alpha value is -2.55. The lowest BCUT2D eigenvalue weighted by Gasteiger charge is -2.21. The Morgan fingerprint density at radius 3 is 2.33 bits per heavy atom. The van der Waals surface area contributed by atoms with Gasteiger partial charge in [-0.25, -0.2) is 4.58 Å². The molecule has 0 saturated carbocycles. The Bertz CT molecular complexity index is 755. The smallest absolute Gasteiger partial charge is 0.199 e. The molecule has 1 heterocycles. The Kier molecular flexibility index (Phi) is 4.99. The normalized spacial score (nSPS) is 15.8. The second-order valence-electron chi connectivity index (χ2n) is 5.62. The van der Waals surface area contributed by atoms with Crippen molar-refractivity contribution < 1.29 is 14.0 Å². The van der Waals surface area contributed by atoms with Gasteiger partial charge in [-0.05, 0) is 45.1 Å². The molecule has 2 aliphatic rings. The van der Waals surface area contributed by atoms with E-state index in [9.17, 15) is 0 Å². The average Bonchev–Trinajstić information content (AvgIpc) is 2.63. The fourth-order valence-corrected chi connectivity index (χ4v) is 2.95. The molecule has 124 valence electrons. The molecule has 1 aliphatic carbocycles. The standard InChI is InChI=1S/C21H24NO2/c1-4-22(5-2)17-13-11-16(12-14-17)20-15-21(23-6-3)18-9-7-8-10-19(18)24-20/h7-15H,4-6H2,1-3H3/q+1. The molecule has 0 unspecified atom stereocenters. The molecule has 0 atom stereocenters. The number of rotatable bonds is 4. The van der Waals surface area contributed by atoms with E-state index in [-0.39, 0.29) is 0 Å². The highest BCUT2D eigenvalue weighted by Gasteiger charge is 2.20. The Balaban J connectivity index is 1.98. The molecule has 1 aromatic carbocycles. The summed E-state index contributed by atoms with van der Waals surface area (Å²) in [4.78, 5) is 0. The zero-order valence-electron chi connectivity index (χ0n) is 14.6. The fraction of sp³-hybridized carbons (Fsp3) is 0.286. The minimum absolute atomic E-state index is 0.633. The highest BCUT2D eigenvalue weighted by Crippen LogP contribution is 2.35. The summed E-state index contributed by atoms with van der Waals surface area (Å²) >= 11 is 0. The van der Waals surface area contributed by atoms with E-state index in [4.69, 9.17) is 9.47 Å². The monoisotopic (exact) mass is 322 g/mol. The van der Waals surface area contributed by atoms with Crippen LogP contribution in [0.25, 0.3) is 5.76 Å². The van der Waals surface area contributed by atoms with E-state index in [1.807, 2.05) is 37.3 Å². The summed E-state index contributed by atoms with van der Waals surface area (Å²) in [5.74, 6) is 2.52. The van der Waals surface area contributed by atoms with Gasteiger partial charge in [-0.1, -0.05) is 12.1 Å². The van der Waals surface area contributed by atoms with Gasteiger partial charge in [0.25, 0.3) is 0 Å². The van der Waals surface area contributed by atoms with E-state index in [1.165, 1.54) is 5.71 Å². The summed E-state index contributed by atoms with van der Waals surface area (Å²) in [6.45, 7) is 8.98. The predicted octanol–water partition coefficient (Wildman–Crippen LogP) is 4.33. The van der Waals surface area contributed by atoms with Crippen molar-refractivity contribution >= 4 is 11.5 Å². The van der Waals surface area contributed by atoms with Crippen LogP contribution in [-0.4, -0.2) is 30.0 Å². The van der Waals surface area contributed by atoms with Gasteiger partial charge in [0, 0.05) is 23.8 Å². The lowest BCUT2D eigenvalue weighted by molar-refractivity contribution is -0.519. The molecule has 0 saturated heterocycles. The number of para-hydroxylation sites is 1. The van der Waals surface area contributed by atoms with Gasteiger partial charge in [0.1, 0.15) is 30.4 Å². The van der Waals surface area contributed by atoms with Crippen LogP contribution in [0.2, 0.25) is 0 Å². The van der Waals surface area contributed by atoms with Crippen LogP contribution in [0, 0.1) is 0 Å². The minimum atomic E-state index is 0.633. The second kappa shape index (κ2) is 7.35. The van der Waals surface area contributed by atoms with E-state index in [0.717, 1.165) is 41.5 Å². The quantitative estimate of drug-likeness (QED) is 0.770. The van der Waals surface area contributed by atoms with Gasteiger partial charge in [-0.3, -0.25) is 0 Å². The molecule has 3 rings (SSSR count). The third-order valence-electron chi connectivity index (χ3n) is 4.21. The molecule has 3 nitrogen and oxygen atoms in total. The van der Waals surface area contributed by atoms with Crippen LogP contribution >= 0.6 is 0 Å². The highest BCUT2D eigenvalue weighted by atomic mass is 16.5.